The Bertz CT molecular complexity index is 1030. The minimum absolute atomic E-state index is 0.171. The number of benzene rings is 3. The molecule has 4 N–H and O–H groups in total. The predicted molar refractivity (Wildman–Crippen MR) is 95.1 cm³/mol. The summed E-state index contributed by atoms with van der Waals surface area (Å²) in [5, 5.41) is 16.3. The number of pyridine rings is 1. The van der Waals surface area contributed by atoms with Crippen LogP contribution in [-0.4, -0.2) is 10.1 Å². The van der Waals surface area contributed by atoms with Crippen LogP contribution in [0, 0.1) is 0 Å². The second-order valence-corrected chi connectivity index (χ2v) is 5.42. The number of rotatable bonds is 2. The van der Waals surface area contributed by atoms with Crippen LogP contribution in [0.1, 0.15) is 0 Å². The molecule has 0 fully saturated rings. The van der Waals surface area contributed by atoms with Crippen molar-refractivity contribution in [2.24, 2.45) is 0 Å². The molecule has 0 aliphatic heterocycles. The first kappa shape index (κ1) is 13.4. The molecule has 0 bridgehead atoms. The zero-order valence-corrected chi connectivity index (χ0v) is 12.3. The average Bonchev–Trinajstić information content (AvgIpc) is 2.58. The molecule has 4 aromatic rings. The largest absolute Gasteiger partial charge is 0.505 e. The number of fused-ring (bicyclic) bond motifs is 2. The lowest BCUT2D eigenvalue weighted by Crippen LogP contribution is -1.95. The summed E-state index contributed by atoms with van der Waals surface area (Å²) in [6.07, 6.45) is 0. The summed E-state index contributed by atoms with van der Waals surface area (Å²) in [6.45, 7) is 0. The van der Waals surface area contributed by atoms with Gasteiger partial charge in [0.05, 0.1) is 11.2 Å². The van der Waals surface area contributed by atoms with Crippen molar-refractivity contribution in [3.8, 4) is 5.75 Å². The Hall–Kier alpha value is -3.27. The van der Waals surface area contributed by atoms with Crippen molar-refractivity contribution in [1.82, 2.24) is 4.98 Å². The number of hydrogen-bond donors (Lipinski definition) is 3. The van der Waals surface area contributed by atoms with E-state index in [4.69, 9.17) is 5.73 Å². The maximum atomic E-state index is 10.5. The van der Waals surface area contributed by atoms with Crippen LogP contribution in [0.2, 0.25) is 0 Å². The lowest BCUT2D eigenvalue weighted by atomic mass is 10.1. The van der Waals surface area contributed by atoms with Gasteiger partial charge >= 0.3 is 0 Å². The van der Waals surface area contributed by atoms with Crippen LogP contribution < -0.4 is 11.1 Å². The van der Waals surface area contributed by atoms with Crippen LogP contribution in [-0.2, 0) is 0 Å². The highest BCUT2D eigenvalue weighted by molar-refractivity contribution is 6.00. The zero-order valence-electron chi connectivity index (χ0n) is 12.3. The van der Waals surface area contributed by atoms with E-state index in [1.165, 1.54) is 0 Å². The van der Waals surface area contributed by atoms with Gasteiger partial charge in [-0.1, -0.05) is 30.3 Å². The van der Waals surface area contributed by atoms with Gasteiger partial charge in [-0.25, -0.2) is 4.98 Å². The summed E-state index contributed by atoms with van der Waals surface area (Å²) in [5.41, 5.74) is 8.10. The van der Waals surface area contributed by atoms with Gasteiger partial charge in [0.25, 0.3) is 0 Å². The first-order valence-corrected chi connectivity index (χ1v) is 7.35. The Morgan fingerprint density at radius 3 is 2.61 bits per heavy atom. The van der Waals surface area contributed by atoms with Gasteiger partial charge in [0, 0.05) is 21.8 Å². The smallest absolute Gasteiger partial charge is 0.146 e. The maximum Gasteiger partial charge on any atom is 0.146 e. The van der Waals surface area contributed by atoms with E-state index in [1.54, 1.807) is 0 Å². The summed E-state index contributed by atoms with van der Waals surface area (Å²) in [5.74, 6) is 0.854. The van der Waals surface area contributed by atoms with Crippen LogP contribution in [0.4, 0.5) is 17.2 Å². The quantitative estimate of drug-likeness (QED) is 0.378. The van der Waals surface area contributed by atoms with E-state index in [1.807, 2.05) is 66.7 Å². The molecule has 1 aromatic heterocycles. The van der Waals surface area contributed by atoms with E-state index in [2.05, 4.69) is 10.3 Å². The van der Waals surface area contributed by atoms with Gasteiger partial charge in [-0.2, -0.15) is 0 Å². The topological polar surface area (TPSA) is 71.2 Å². The third-order valence-electron chi connectivity index (χ3n) is 3.93. The van der Waals surface area contributed by atoms with Crippen LogP contribution >= 0.6 is 0 Å². The summed E-state index contributed by atoms with van der Waals surface area (Å²) >= 11 is 0. The Balaban J connectivity index is 1.78. The van der Waals surface area contributed by atoms with E-state index in [0.29, 0.717) is 17.2 Å². The fourth-order valence-corrected chi connectivity index (χ4v) is 2.74. The van der Waals surface area contributed by atoms with Crippen molar-refractivity contribution in [3.05, 3.63) is 66.7 Å². The Morgan fingerprint density at radius 2 is 1.70 bits per heavy atom. The second kappa shape index (κ2) is 5.18. The lowest BCUT2D eigenvalue weighted by Gasteiger charge is -2.11. The molecule has 0 saturated carbocycles. The Labute approximate surface area is 133 Å². The number of aromatic nitrogens is 1. The average molecular weight is 301 g/mol. The summed E-state index contributed by atoms with van der Waals surface area (Å²) in [7, 11) is 0. The zero-order chi connectivity index (χ0) is 15.8. The van der Waals surface area contributed by atoms with Crippen LogP contribution in [0.15, 0.2) is 66.7 Å². The number of hydrogen-bond acceptors (Lipinski definition) is 4. The molecule has 4 nitrogen and oxygen atoms in total. The van der Waals surface area contributed by atoms with E-state index in [-0.39, 0.29) is 5.75 Å². The molecule has 4 heteroatoms. The van der Waals surface area contributed by atoms with Gasteiger partial charge in [-0.05, 0) is 36.4 Å². The third-order valence-corrected chi connectivity index (χ3v) is 3.93. The van der Waals surface area contributed by atoms with Gasteiger partial charge < -0.3 is 16.2 Å². The predicted octanol–water partition coefficient (Wildman–Crippen LogP) is 4.42. The van der Waals surface area contributed by atoms with Crippen molar-refractivity contribution in [2.45, 2.75) is 0 Å². The number of para-hydroxylation sites is 1. The molecule has 0 spiro atoms. The summed E-state index contributed by atoms with van der Waals surface area (Å²) in [6, 6.07) is 21.0. The van der Waals surface area contributed by atoms with Crippen LogP contribution in [0.5, 0.6) is 5.75 Å². The SMILES string of the molecule is Nc1cccc2c(O)c(Nc3ccc4ccccc4n3)ccc12. The molecular formula is C19H15N3O. The van der Waals surface area contributed by atoms with Gasteiger partial charge in [0.15, 0.2) is 0 Å². The van der Waals surface area contributed by atoms with E-state index in [0.717, 1.165) is 21.7 Å². The monoisotopic (exact) mass is 301 g/mol. The van der Waals surface area contributed by atoms with Gasteiger partial charge in [0.2, 0.25) is 0 Å². The highest BCUT2D eigenvalue weighted by Crippen LogP contribution is 2.36. The van der Waals surface area contributed by atoms with Crippen LogP contribution in [0.25, 0.3) is 21.7 Å². The minimum Gasteiger partial charge on any atom is -0.505 e. The first-order valence-electron chi connectivity index (χ1n) is 7.35. The molecule has 1 heterocycles. The lowest BCUT2D eigenvalue weighted by molar-refractivity contribution is 0.484. The molecule has 0 aliphatic rings. The number of nitrogens with two attached hydrogens (primary N) is 1. The normalized spacial score (nSPS) is 11.0. The molecule has 0 unspecified atom stereocenters. The van der Waals surface area contributed by atoms with Crippen molar-refractivity contribution in [2.75, 3.05) is 11.1 Å². The van der Waals surface area contributed by atoms with Crippen molar-refractivity contribution in [3.63, 3.8) is 0 Å². The second-order valence-electron chi connectivity index (χ2n) is 5.42. The fraction of sp³-hybridized carbons (Fsp3) is 0. The third kappa shape index (κ3) is 2.30. The molecule has 0 atom stereocenters. The van der Waals surface area contributed by atoms with E-state index < -0.39 is 0 Å². The molecule has 3 aromatic carbocycles. The van der Waals surface area contributed by atoms with E-state index in [9.17, 15) is 5.11 Å². The van der Waals surface area contributed by atoms with E-state index >= 15 is 0 Å². The van der Waals surface area contributed by atoms with Crippen LogP contribution in [0.3, 0.4) is 0 Å². The number of phenolic OH excluding ortho intramolecular Hbond substituents is 1. The molecule has 0 saturated heterocycles. The molecular weight excluding hydrogens is 286 g/mol. The number of phenols is 1. The standard InChI is InChI=1S/C19H15N3O/c20-15-6-3-5-14-13(15)9-10-17(19(14)23)22-18-11-8-12-4-1-2-7-16(12)21-18/h1-11,23H,20H2,(H,21,22). The number of anilines is 3. The number of nitrogens with zero attached hydrogens (tertiary/aromatic N) is 1. The van der Waals surface area contributed by atoms with Gasteiger partial charge in [-0.15, -0.1) is 0 Å². The number of nitrogens with one attached hydrogen (secondary N) is 1. The summed E-state index contributed by atoms with van der Waals surface area (Å²) in [4.78, 5) is 4.56. The highest BCUT2D eigenvalue weighted by atomic mass is 16.3. The molecule has 0 radical (unpaired) electrons. The minimum atomic E-state index is 0.171. The van der Waals surface area contributed by atoms with Crippen molar-refractivity contribution >= 4 is 38.9 Å². The first-order chi connectivity index (χ1) is 11.2. The number of aromatic hydroxyl groups is 1. The Kier molecular flexibility index (Phi) is 3.01. The maximum absolute atomic E-state index is 10.5. The van der Waals surface area contributed by atoms with Gasteiger partial charge in [-0.3, -0.25) is 0 Å². The van der Waals surface area contributed by atoms with Gasteiger partial charge in [0.1, 0.15) is 11.6 Å². The molecule has 23 heavy (non-hydrogen) atoms. The highest BCUT2D eigenvalue weighted by Gasteiger charge is 2.09. The number of nitrogen functional groups attached to an aromatic ring is 1. The Morgan fingerprint density at radius 1 is 0.826 bits per heavy atom. The molecule has 112 valence electrons. The molecule has 4 rings (SSSR count). The fourth-order valence-electron chi connectivity index (χ4n) is 2.74. The van der Waals surface area contributed by atoms with Crippen molar-refractivity contribution in [1.29, 1.82) is 0 Å². The molecule has 0 amide bonds. The van der Waals surface area contributed by atoms with Crippen molar-refractivity contribution < 1.29 is 5.11 Å². The molecule has 0 aliphatic carbocycles. The summed E-state index contributed by atoms with van der Waals surface area (Å²) < 4.78 is 0.